The van der Waals surface area contributed by atoms with Crippen molar-refractivity contribution in [2.75, 3.05) is 12.4 Å². The zero-order chi connectivity index (χ0) is 14.4. The molecular weight excluding hydrogens is 250 g/mol. The summed E-state index contributed by atoms with van der Waals surface area (Å²) in [5.41, 5.74) is -0.274. The summed E-state index contributed by atoms with van der Waals surface area (Å²) >= 11 is 0. The van der Waals surface area contributed by atoms with E-state index in [2.05, 4.69) is 21.0 Å². The maximum Gasteiger partial charge on any atom is 0.356 e. The molecule has 0 aromatic carbocycles. The Labute approximate surface area is 110 Å². The highest BCUT2D eigenvalue weighted by molar-refractivity contribution is 5.88. The van der Waals surface area contributed by atoms with E-state index in [-0.39, 0.29) is 17.2 Å². The van der Waals surface area contributed by atoms with Crippen LogP contribution in [0.2, 0.25) is 0 Å². The second-order valence-corrected chi connectivity index (χ2v) is 3.58. The van der Waals surface area contributed by atoms with Crippen LogP contribution in [-0.4, -0.2) is 29.0 Å². The van der Waals surface area contributed by atoms with Gasteiger partial charge >= 0.3 is 11.7 Å². The minimum Gasteiger partial charge on any atom is -0.464 e. The Hall–Kier alpha value is -2.62. The molecule has 1 N–H and O–H groups in total. The predicted octanol–water partition coefficient (Wildman–Crippen LogP) is 1.60. The molecule has 0 radical (unpaired) electrons. The lowest BCUT2D eigenvalue weighted by atomic mass is 10.2. The van der Waals surface area contributed by atoms with Gasteiger partial charge in [0.1, 0.15) is 0 Å². The van der Waals surface area contributed by atoms with E-state index in [1.165, 1.54) is 19.2 Å². The fourth-order valence-corrected chi connectivity index (χ4v) is 1.35. The number of carbonyl (C=O) groups is 1. The van der Waals surface area contributed by atoms with Gasteiger partial charge in [0.15, 0.2) is 5.69 Å². The van der Waals surface area contributed by atoms with Gasteiger partial charge in [0.25, 0.3) is 0 Å². The van der Waals surface area contributed by atoms with E-state index < -0.39 is 16.9 Å². The van der Waals surface area contributed by atoms with Crippen molar-refractivity contribution in [3.8, 4) is 12.3 Å². The Bertz CT molecular complexity index is 536. The standard InChI is InChI=1S/C12H13N3O4/c1-4-8(5-2)13-11-10(15(17)18)7-6-9(14-11)12(16)19-3/h1,6-8H,5H2,2-3H3,(H,13,14). The molecule has 0 fully saturated rings. The molecule has 1 unspecified atom stereocenters. The molecule has 0 aliphatic carbocycles. The van der Waals surface area contributed by atoms with Crippen molar-refractivity contribution in [1.82, 2.24) is 4.98 Å². The number of hydrogen-bond acceptors (Lipinski definition) is 6. The summed E-state index contributed by atoms with van der Waals surface area (Å²) in [7, 11) is 1.20. The summed E-state index contributed by atoms with van der Waals surface area (Å²) in [6, 6.07) is 2.01. The Morgan fingerprint density at radius 3 is 2.84 bits per heavy atom. The zero-order valence-corrected chi connectivity index (χ0v) is 10.5. The van der Waals surface area contributed by atoms with Gasteiger partial charge in [-0.05, 0) is 12.5 Å². The lowest BCUT2D eigenvalue weighted by molar-refractivity contribution is -0.384. The van der Waals surface area contributed by atoms with Crippen LogP contribution in [0.5, 0.6) is 0 Å². The lowest BCUT2D eigenvalue weighted by Crippen LogP contribution is -2.19. The average Bonchev–Trinajstić information content (AvgIpc) is 2.43. The average molecular weight is 263 g/mol. The number of nitrogens with zero attached hydrogens (tertiary/aromatic N) is 2. The largest absolute Gasteiger partial charge is 0.464 e. The SMILES string of the molecule is C#CC(CC)Nc1nc(C(=O)OC)ccc1[N+](=O)[O-]. The van der Waals surface area contributed by atoms with Crippen molar-refractivity contribution in [3.63, 3.8) is 0 Å². The van der Waals surface area contributed by atoms with Crippen LogP contribution < -0.4 is 5.32 Å². The van der Waals surface area contributed by atoms with Gasteiger partial charge in [-0.1, -0.05) is 12.8 Å². The van der Waals surface area contributed by atoms with Crippen molar-refractivity contribution >= 4 is 17.5 Å². The van der Waals surface area contributed by atoms with E-state index in [1.807, 2.05) is 6.92 Å². The Morgan fingerprint density at radius 2 is 2.37 bits per heavy atom. The van der Waals surface area contributed by atoms with Crippen molar-refractivity contribution in [2.24, 2.45) is 0 Å². The highest BCUT2D eigenvalue weighted by Crippen LogP contribution is 2.23. The van der Waals surface area contributed by atoms with Crippen molar-refractivity contribution in [3.05, 3.63) is 27.9 Å². The first-order valence-corrected chi connectivity index (χ1v) is 5.49. The molecule has 0 bridgehead atoms. The maximum absolute atomic E-state index is 11.3. The van der Waals surface area contributed by atoms with Crippen LogP contribution in [0.4, 0.5) is 11.5 Å². The number of hydrogen-bond donors (Lipinski definition) is 1. The van der Waals surface area contributed by atoms with E-state index in [9.17, 15) is 14.9 Å². The van der Waals surface area contributed by atoms with Gasteiger partial charge in [0, 0.05) is 6.07 Å². The Balaban J connectivity index is 3.20. The number of esters is 1. The third-order valence-corrected chi connectivity index (χ3v) is 2.39. The molecule has 1 aromatic heterocycles. The molecule has 19 heavy (non-hydrogen) atoms. The second-order valence-electron chi connectivity index (χ2n) is 3.58. The molecule has 1 rings (SSSR count). The van der Waals surface area contributed by atoms with Gasteiger partial charge in [-0.15, -0.1) is 6.42 Å². The number of terminal acetylenes is 1. The summed E-state index contributed by atoms with van der Waals surface area (Å²) in [6.45, 7) is 1.83. The predicted molar refractivity (Wildman–Crippen MR) is 68.8 cm³/mol. The van der Waals surface area contributed by atoms with E-state index in [4.69, 9.17) is 6.42 Å². The molecule has 0 aliphatic rings. The molecule has 0 amide bonds. The second kappa shape index (κ2) is 6.35. The molecule has 7 nitrogen and oxygen atoms in total. The summed E-state index contributed by atoms with van der Waals surface area (Å²) in [5, 5.41) is 13.6. The van der Waals surface area contributed by atoms with Crippen LogP contribution in [-0.2, 0) is 4.74 Å². The number of anilines is 1. The van der Waals surface area contributed by atoms with Gasteiger partial charge in [-0.2, -0.15) is 0 Å². The van der Waals surface area contributed by atoms with Gasteiger partial charge in [-0.25, -0.2) is 9.78 Å². The van der Waals surface area contributed by atoms with E-state index >= 15 is 0 Å². The Kier molecular flexibility index (Phi) is 4.83. The molecule has 1 aromatic rings. The smallest absolute Gasteiger partial charge is 0.356 e. The number of nitrogens with one attached hydrogen (secondary N) is 1. The summed E-state index contributed by atoms with van der Waals surface area (Å²) < 4.78 is 4.51. The van der Waals surface area contributed by atoms with E-state index in [1.54, 1.807) is 0 Å². The first kappa shape index (κ1) is 14.4. The highest BCUT2D eigenvalue weighted by Gasteiger charge is 2.20. The third-order valence-electron chi connectivity index (χ3n) is 2.39. The van der Waals surface area contributed by atoms with Crippen LogP contribution >= 0.6 is 0 Å². The molecule has 0 saturated heterocycles. The molecule has 1 heterocycles. The van der Waals surface area contributed by atoms with Crippen molar-refractivity contribution in [1.29, 1.82) is 0 Å². The number of aromatic nitrogens is 1. The molecule has 0 spiro atoms. The first-order valence-electron chi connectivity index (χ1n) is 5.49. The molecule has 1 atom stereocenters. The van der Waals surface area contributed by atoms with Crippen LogP contribution in [0.15, 0.2) is 12.1 Å². The Morgan fingerprint density at radius 1 is 1.68 bits per heavy atom. The van der Waals surface area contributed by atoms with Crippen molar-refractivity contribution in [2.45, 2.75) is 19.4 Å². The summed E-state index contributed by atoms with van der Waals surface area (Å²) in [6.07, 6.45) is 5.85. The fourth-order valence-electron chi connectivity index (χ4n) is 1.35. The topological polar surface area (TPSA) is 94.4 Å². The monoisotopic (exact) mass is 263 g/mol. The van der Waals surface area contributed by atoms with Gasteiger partial charge in [0.05, 0.1) is 18.1 Å². The van der Waals surface area contributed by atoms with E-state index in [0.717, 1.165) is 0 Å². The van der Waals surface area contributed by atoms with Crippen LogP contribution in [0.1, 0.15) is 23.8 Å². The maximum atomic E-state index is 11.3. The van der Waals surface area contributed by atoms with Gasteiger partial charge in [0.2, 0.25) is 5.82 Å². The number of methoxy groups -OCH3 is 1. The molecule has 0 aliphatic heterocycles. The number of nitro groups is 1. The number of ether oxygens (including phenoxy) is 1. The van der Waals surface area contributed by atoms with Gasteiger partial charge < -0.3 is 10.1 Å². The quantitative estimate of drug-likeness (QED) is 0.375. The number of pyridine rings is 1. The van der Waals surface area contributed by atoms with Gasteiger partial charge in [-0.3, -0.25) is 10.1 Å². The molecule has 7 heteroatoms. The summed E-state index contributed by atoms with van der Waals surface area (Å²) in [4.78, 5) is 25.5. The summed E-state index contributed by atoms with van der Waals surface area (Å²) in [5.74, 6) is 1.72. The van der Waals surface area contributed by atoms with Crippen LogP contribution in [0, 0.1) is 22.5 Å². The molecule has 0 saturated carbocycles. The molecule has 100 valence electrons. The molecular formula is C12H13N3O4. The number of rotatable bonds is 5. The third kappa shape index (κ3) is 3.42. The van der Waals surface area contributed by atoms with Crippen molar-refractivity contribution < 1.29 is 14.5 Å². The minimum atomic E-state index is -0.674. The zero-order valence-electron chi connectivity index (χ0n) is 10.5. The fraction of sp³-hybridized carbons (Fsp3) is 0.333. The first-order chi connectivity index (χ1) is 9.03. The lowest BCUT2D eigenvalue weighted by Gasteiger charge is -2.12. The van der Waals surface area contributed by atoms with Crippen LogP contribution in [0.3, 0.4) is 0 Å². The van der Waals surface area contributed by atoms with Crippen LogP contribution in [0.25, 0.3) is 0 Å². The normalized spacial score (nSPS) is 11.2. The minimum absolute atomic E-state index is 0.0255. The van der Waals surface area contributed by atoms with E-state index in [0.29, 0.717) is 6.42 Å². The number of carbonyl (C=O) groups excluding carboxylic acids is 1. The highest BCUT2D eigenvalue weighted by atomic mass is 16.6.